The second-order valence-corrected chi connectivity index (χ2v) is 3.45. The molecule has 0 saturated carbocycles. The van der Waals surface area contributed by atoms with Gasteiger partial charge >= 0.3 is 5.97 Å². The summed E-state index contributed by atoms with van der Waals surface area (Å²) in [7, 11) is 0. The maximum absolute atomic E-state index is 10.6. The highest BCUT2D eigenvalue weighted by Crippen LogP contribution is 2.29. The number of phenols is 1. The molecule has 0 fully saturated rings. The van der Waals surface area contributed by atoms with E-state index in [1.165, 1.54) is 18.2 Å². The van der Waals surface area contributed by atoms with Crippen molar-refractivity contribution in [2.75, 3.05) is 0 Å². The molecule has 2 N–H and O–H groups in total. The highest BCUT2D eigenvalue weighted by atomic mass is 35.5. The van der Waals surface area contributed by atoms with Crippen LogP contribution in [0.5, 0.6) is 5.75 Å². The van der Waals surface area contributed by atoms with Crippen molar-refractivity contribution in [1.29, 1.82) is 0 Å². The molecule has 0 saturated heterocycles. The summed E-state index contributed by atoms with van der Waals surface area (Å²) in [4.78, 5) is 10.6. The average Bonchev–Trinajstić information content (AvgIpc) is 2.71. The summed E-state index contributed by atoms with van der Waals surface area (Å²) in [5.41, 5.74) is 0.363. The van der Waals surface area contributed by atoms with Gasteiger partial charge in [0.2, 0.25) is 0 Å². The van der Waals surface area contributed by atoms with Crippen LogP contribution < -0.4 is 0 Å². The number of phenolic OH excluding ortho intramolecular Hbond substituents is 1. The summed E-state index contributed by atoms with van der Waals surface area (Å²) >= 11 is 5.70. The zero-order valence-corrected chi connectivity index (χ0v) is 8.60. The fraction of sp³-hybridized carbons (Fsp3) is 0. The first-order valence-corrected chi connectivity index (χ1v) is 4.64. The second-order valence-electron chi connectivity index (χ2n) is 3.05. The van der Waals surface area contributed by atoms with Gasteiger partial charge in [0.05, 0.1) is 5.02 Å². The molecule has 0 aliphatic heterocycles. The van der Waals surface area contributed by atoms with E-state index in [0.29, 0.717) is 5.56 Å². The predicted molar refractivity (Wildman–Crippen MR) is 55.6 cm³/mol. The molecule has 0 spiro atoms. The first-order valence-electron chi connectivity index (χ1n) is 4.27. The number of benzene rings is 1. The molecule has 2 aromatic rings. The summed E-state index contributed by atoms with van der Waals surface area (Å²) in [6.07, 6.45) is 0. The minimum atomic E-state index is -1.17. The van der Waals surface area contributed by atoms with E-state index in [4.69, 9.17) is 21.2 Å². The van der Waals surface area contributed by atoms with Crippen LogP contribution in [-0.2, 0) is 0 Å². The van der Waals surface area contributed by atoms with Gasteiger partial charge in [-0.05, 0) is 18.2 Å². The fourth-order valence-electron chi connectivity index (χ4n) is 1.17. The molecule has 16 heavy (non-hydrogen) atoms. The lowest BCUT2D eigenvalue weighted by molar-refractivity contribution is 0.0686. The summed E-state index contributed by atoms with van der Waals surface area (Å²) in [5.74, 6) is -0.942. The Labute approximate surface area is 94.9 Å². The summed E-state index contributed by atoms with van der Waals surface area (Å²) in [6, 6.07) is 5.68. The lowest BCUT2D eigenvalue weighted by Crippen LogP contribution is -1.94. The summed E-state index contributed by atoms with van der Waals surface area (Å²) in [6.45, 7) is 0. The van der Waals surface area contributed by atoms with E-state index < -0.39 is 5.97 Å². The first kappa shape index (κ1) is 10.5. The topological polar surface area (TPSA) is 83.6 Å². The van der Waals surface area contributed by atoms with Gasteiger partial charge in [0.1, 0.15) is 5.75 Å². The van der Waals surface area contributed by atoms with E-state index in [2.05, 4.69) is 5.16 Å². The molecule has 0 atom stereocenters. The number of carbonyl (C=O) groups is 1. The Balaban J connectivity index is 2.42. The van der Waals surface area contributed by atoms with Crippen LogP contribution in [0, 0.1) is 0 Å². The monoisotopic (exact) mass is 239 g/mol. The minimum Gasteiger partial charge on any atom is -0.506 e. The zero-order valence-electron chi connectivity index (χ0n) is 7.85. The van der Waals surface area contributed by atoms with Crippen LogP contribution in [-0.4, -0.2) is 21.3 Å². The Morgan fingerprint density at radius 3 is 2.69 bits per heavy atom. The molecule has 1 heterocycles. The van der Waals surface area contributed by atoms with Crippen LogP contribution >= 0.6 is 11.6 Å². The van der Waals surface area contributed by atoms with Crippen LogP contribution in [0.25, 0.3) is 11.3 Å². The van der Waals surface area contributed by atoms with E-state index >= 15 is 0 Å². The standard InChI is InChI=1S/C10H6ClNO4/c11-6-3-5(1-2-8(6)13)9-4-7(10(14)15)12-16-9/h1-4,13H,(H,14,15). The van der Waals surface area contributed by atoms with Crippen molar-refractivity contribution in [1.82, 2.24) is 5.16 Å². The summed E-state index contributed by atoms with van der Waals surface area (Å²) in [5, 5.41) is 21.4. The Hall–Kier alpha value is -2.01. The van der Waals surface area contributed by atoms with Crippen LogP contribution in [0.1, 0.15) is 10.5 Å². The molecule has 0 aliphatic rings. The number of hydrogen-bond donors (Lipinski definition) is 2. The number of aromatic nitrogens is 1. The van der Waals surface area contributed by atoms with Crippen molar-refractivity contribution in [2.45, 2.75) is 0 Å². The molecule has 2 rings (SSSR count). The van der Waals surface area contributed by atoms with E-state index in [1.807, 2.05) is 0 Å². The number of nitrogens with zero attached hydrogens (tertiary/aromatic N) is 1. The van der Waals surface area contributed by atoms with Crippen molar-refractivity contribution < 1.29 is 19.5 Å². The first-order chi connectivity index (χ1) is 7.58. The normalized spacial score (nSPS) is 10.3. The van der Waals surface area contributed by atoms with Crippen LogP contribution in [0.3, 0.4) is 0 Å². The van der Waals surface area contributed by atoms with Gasteiger partial charge in [-0.15, -0.1) is 0 Å². The lowest BCUT2D eigenvalue weighted by Gasteiger charge is -1.98. The number of carboxylic acids is 1. The quantitative estimate of drug-likeness (QED) is 0.841. The zero-order chi connectivity index (χ0) is 11.7. The molecular formula is C10H6ClNO4. The van der Waals surface area contributed by atoms with Gasteiger partial charge in [0, 0.05) is 11.6 Å². The molecule has 1 aromatic carbocycles. The Bertz CT molecular complexity index is 550. The fourth-order valence-corrected chi connectivity index (χ4v) is 1.35. The van der Waals surface area contributed by atoms with Crippen molar-refractivity contribution in [3.63, 3.8) is 0 Å². The molecule has 1 aromatic heterocycles. The SMILES string of the molecule is O=C(O)c1cc(-c2ccc(O)c(Cl)c2)on1. The molecule has 82 valence electrons. The molecule has 6 heteroatoms. The number of hydrogen-bond acceptors (Lipinski definition) is 4. The molecule has 0 unspecified atom stereocenters. The van der Waals surface area contributed by atoms with Crippen LogP contribution in [0.2, 0.25) is 5.02 Å². The van der Waals surface area contributed by atoms with Gasteiger partial charge in [-0.3, -0.25) is 0 Å². The molecule has 0 radical (unpaired) electrons. The Morgan fingerprint density at radius 1 is 1.38 bits per heavy atom. The molecule has 0 amide bonds. The largest absolute Gasteiger partial charge is 0.506 e. The highest BCUT2D eigenvalue weighted by Gasteiger charge is 2.12. The minimum absolute atomic E-state index is 0.0524. The van der Waals surface area contributed by atoms with Crippen molar-refractivity contribution in [2.24, 2.45) is 0 Å². The third-order valence-electron chi connectivity index (χ3n) is 1.96. The van der Waals surface area contributed by atoms with E-state index in [0.717, 1.165) is 0 Å². The average molecular weight is 240 g/mol. The van der Waals surface area contributed by atoms with Crippen LogP contribution in [0.15, 0.2) is 28.8 Å². The van der Waals surface area contributed by atoms with Crippen molar-refractivity contribution in [3.05, 3.63) is 35.0 Å². The smallest absolute Gasteiger partial charge is 0.358 e. The van der Waals surface area contributed by atoms with Gasteiger partial charge in [-0.2, -0.15) is 0 Å². The molecule has 5 nitrogen and oxygen atoms in total. The van der Waals surface area contributed by atoms with Gasteiger partial charge in [-0.1, -0.05) is 16.8 Å². The van der Waals surface area contributed by atoms with E-state index in [-0.39, 0.29) is 22.2 Å². The number of aromatic carboxylic acids is 1. The molecule has 0 bridgehead atoms. The number of aromatic hydroxyl groups is 1. The van der Waals surface area contributed by atoms with Gasteiger partial charge in [0.25, 0.3) is 0 Å². The van der Waals surface area contributed by atoms with Crippen molar-refractivity contribution in [3.8, 4) is 17.1 Å². The maximum atomic E-state index is 10.6. The third-order valence-corrected chi connectivity index (χ3v) is 2.26. The number of rotatable bonds is 2. The molecule has 0 aliphatic carbocycles. The van der Waals surface area contributed by atoms with Gasteiger partial charge in [0.15, 0.2) is 11.5 Å². The second kappa shape index (κ2) is 3.86. The Morgan fingerprint density at radius 2 is 2.12 bits per heavy atom. The number of carboxylic acid groups (broad SMARTS) is 1. The molecular weight excluding hydrogens is 234 g/mol. The Kier molecular flexibility index (Phi) is 2.54. The lowest BCUT2D eigenvalue weighted by atomic mass is 10.1. The highest BCUT2D eigenvalue weighted by molar-refractivity contribution is 6.32. The van der Waals surface area contributed by atoms with Crippen molar-refractivity contribution >= 4 is 17.6 Å². The van der Waals surface area contributed by atoms with E-state index in [9.17, 15) is 9.90 Å². The predicted octanol–water partition coefficient (Wildman–Crippen LogP) is 2.40. The van der Waals surface area contributed by atoms with Gasteiger partial charge < -0.3 is 14.7 Å². The third kappa shape index (κ3) is 1.85. The number of halogens is 1. The van der Waals surface area contributed by atoms with Crippen LogP contribution in [0.4, 0.5) is 0 Å². The summed E-state index contributed by atoms with van der Waals surface area (Å²) < 4.78 is 4.84. The maximum Gasteiger partial charge on any atom is 0.358 e. The van der Waals surface area contributed by atoms with E-state index in [1.54, 1.807) is 6.07 Å². The van der Waals surface area contributed by atoms with Gasteiger partial charge in [-0.25, -0.2) is 4.79 Å².